The summed E-state index contributed by atoms with van der Waals surface area (Å²) in [5.41, 5.74) is 1.37. The zero-order chi connectivity index (χ0) is 11.3. The number of nitrogens with one attached hydrogen (secondary N) is 1. The number of amides is 1. The van der Waals surface area contributed by atoms with Gasteiger partial charge in [-0.2, -0.15) is 0 Å². The van der Waals surface area contributed by atoms with Crippen LogP contribution in [0.1, 0.15) is 17.3 Å². The van der Waals surface area contributed by atoms with Gasteiger partial charge in [0.25, 0.3) is 5.91 Å². The molecule has 1 aromatic rings. The molecule has 0 fully saturated rings. The SMILES string of the molecule is C=C/C(=C\C)NC(=O)c1ccc(I)cc1. The van der Waals surface area contributed by atoms with Gasteiger partial charge in [0.1, 0.15) is 0 Å². The van der Waals surface area contributed by atoms with E-state index >= 15 is 0 Å². The molecule has 0 atom stereocenters. The fourth-order valence-corrected chi connectivity index (χ4v) is 1.41. The summed E-state index contributed by atoms with van der Waals surface area (Å²) in [6, 6.07) is 7.40. The van der Waals surface area contributed by atoms with Crippen molar-refractivity contribution in [1.82, 2.24) is 5.32 Å². The number of carbonyl (C=O) groups is 1. The number of benzene rings is 1. The third-order valence-electron chi connectivity index (χ3n) is 1.90. The first kappa shape index (κ1) is 12.0. The summed E-state index contributed by atoms with van der Waals surface area (Å²) in [6.45, 7) is 5.46. The van der Waals surface area contributed by atoms with Gasteiger partial charge < -0.3 is 5.32 Å². The van der Waals surface area contributed by atoms with Gasteiger partial charge in [-0.15, -0.1) is 0 Å². The van der Waals surface area contributed by atoms with Crippen LogP contribution < -0.4 is 5.32 Å². The number of hydrogen-bond donors (Lipinski definition) is 1. The normalized spacial score (nSPS) is 10.9. The molecule has 0 aliphatic rings. The van der Waals surface area contributed by atoms with Crippen molar-refractivity contribution in [2.75, 3.05) is 0 Å². The van der Waals surface area contributed by atoms with Crippen molar-refractivity contribution in [1.29, 1.82) is 0 Å². The number of allylic oxidation sites excluding steroid dienone is 2. The standard InChI is InChI=1S/C12H12INO/c1-3-11(4-2)14-12(15)9-5-7-10(13)8-6-9/h3-8H,1H2,2H3,(H,14,15)/b11-4+. The minimum atomic E-state index is -0.112. The van der Waals surface area contributed by atoms with Crippen LogP contribution in [0.4, 0.5) is 0 Å². The summed E-state index contributed by atoms with van der Waals surface area (Å²) in [5, 5.41) is 2.75. The number of carbonyl (C=O) groups excluding carboxylic acids is 1. The molecule has 0 heterocycles. The van der Waals surface area contributed by atoms with Crippen LogP contribution in [-0.2, 0) is 0 Å². The lowest BCUT2D eigenvalue weighted by molar-refractivity contribution is 0.0967. The van der Waals surface area contributed by atoms with Gasteiger partial charge in [-0.25, -0.2) is 0 Å². The van der Waals surface area contributed by atoms with Crippen LogP contribution in [0.5, 0.6) is 0 Å². The molecule has 0 radical (unpaired) electrons. The van der Waals surface area contributed by atoms with E-state index in [4.69, 9.17) is 0 Å². The smallest absolute Gasteiger partial charge is 0.255 e. The highest BCUT2D eigenvalue weighted by atomic mass is 127. The van der Waals surface area contributed by atoms with Crippen LogP contribution in [0.3, 0.4) is 0 Å². The average molecular weight is 313 g/mol. The Balaban J connectivity index is 2.77. The van der Waals surface area contributed by atoms with E-state index in [0.29, 0.717) is 5.56 Å². The number of hydrogen-bond acceptors (Lipinski definition) is 1. The van der Waals surface area contributed by atoms with Gasteiger partial charge in [0.05, 0.1) is 0 Å². The van der Waals surface area contributed by atoms with E-state index in [9.17, 15) is 4.79 Å². The van der Waals surface area contributed by atoms with Crippen LogP contribution in [0, 0.1) is 3.57 Å². The van der Waals surface area contributed by atoms with Gasteiger partial charge in [-0.1, -0.05) is 12.7 Å². The monoisotopic (exact) mass is 313 g/mol. The maximum atomic E-state index is 11.7. The van der Waals surface area contributed by atoms with E-state index in [-0.39, 0.29) is 5.91 Å². The van der Waals surface area contributed by atoms with Gasteiger partial charge >= 0.3 is 0 Å². The van der Waals surface area contributed by atoms with E-state index in [1.165, 1.54) is 0 Å². The van der Waals surface area contributed by atoms with Gasteiger partial charge in [-0.05, 0) is 59.9 Å². The molecule has 0 aromatic heterocycles. The van der Waals surface area contributed by atoms with Gasteiger partial charge in [0.15, 0.2) is 0 Å². The topological polar surface area (TPSA) is 29.1 Å². The van der Waals surface area contributed by atoms with Crippen molar-refractivity contribution in [2.45, 2.75) is 6.92 Å². The van der Waals surface area contributed by atoms with Crippen molar-refractivity contribution in [3.05, 3.63) is 57.8 Å². The van der Waals surface area contributed by atoms with Crippen LogP contribution in [-0.4, -0.2) is 5.91 Å². The largest absolute Gasteiger partial charge is 0.322 e. The average Bonchev–Trinajstić information content (AvgIpc) is 2.26. The highest BCUT2D eigenvalue weighted by Crippen LogP contribution is 2.07. The van der Waals surface area contributed by atoms with Crippen molar-refractivity contribution in [3.8, 4) is 0 Å². The molecule has 2 nitrogen and oxygen atoms in total. The third kappa shape index (κ3) is 3.51. The summed E-state index contributed by atoms with van der Waals surface area (Å²) >= 11 is 2.20. The first-order valence-corrected chi connectivity index (χ1v) is 5.61. The number of rotatable bonds is 3. The lowest BCUT2D eigenvalue weighted by Gasteiger charge is -2.05. The molecule has 0 saturated heterocycles. The molecule has 78 valence electrons. The Hall–Kier alpha value is -1.10. The van der Waals surface area contributed by atoms with E-state index in [0.717, 1.165) is 9.27 Å². The summed E-state index contributed by atoms with van der Waals surface area (Å²) in [5.74, 6) is -0.112. The maximum Gasteiger partial charge on any atom is 0.255 e. The Bertz CT molecular complexity index is 393. The fourth-order valence-electron chi connectivity index (χ4n) is 1.05. The van der Waals surface area contributed by atoms with Crippen molar-refractivity contribution >= 4 is 28.5 Å². The second-order valence-electron chi connectivity index (χ2n) is 2.91. The second-order valence-corrected chi connectivity index (χ2v) is 4.15. The summed E-state index contributed by atoms with van der Waals surface area (Å²) < 4.78 is 1.11. The molecule has 1 amide bonds. The van der Waals surface area contributed by atoms with Crippen LogP contribution >= 0.6 is 22.6 Å². The molecule has 1 N–H and O–H groups in total. The molecule has 0 saturated carbocycles. The second kappa shape index (κ2) is 5.70. The van der Waals surface area contributed by atoms with Gasteiger partial charge in [0.2, 0.25) is 0 Å². The summed E-state index contributed by atoms with van der Waals surface area (Å²) in [6.07, 6.45) is 3.42. The van der Waals surface area contributed by atoms with Gasteiger partial charge in [0, 0.05) is 14.8 Å². The van der Waals surface area contributed by atoms with E-state index in [2.05, 4.69) is 34.5 Å². The molecule has 1 rings (SSSR count). The minimum Gasteiger partial charge on any atom is -0.322 e. The Morgan fingerprint density at radius 3 is 2.47 bits per heavy atom. The lowest BCUT2D eigenvalue weighted by Crippen LogP contribution is -2.21. The molecule has 0 aliphatic carbocycles. The molecule has 0 bridgehead atoms. The van der Waals surface area contributed by atoms with E-state index in [1.54, 1.807) is 24.3 Å². The van der Waals surface area contributed by atoms with Crippen LogP contribution in [0.2, 0.25) is 0 Å². The Morgan fingerprint density at radius 2 is 2.00 bits per heavy atom. The molecule has 3 heteroatoms. The van der Waals surface area contributed by atoms with E-state index in [1.807, 2.05) is 19.1 Å². The number of halogens is 1. The molecule has 1 aromatic carbocycles. The molecule has 0 aliphatic heterocycles. The zero-order valence-electron chi connectivity index (χ0n) is 8.46. The Morgan fingerprint density at radius 1 is 1.40 bits per heavy atom. The molecule has 0 unspecified atom stereocenters. The van der Waals surface area contributed by atoms with Crippen molar-refractivity contribution < 1.29 is 4.79 Å². The van der Waals surface area contributed by atoms with Crippen molar-refractivity contribution in [3.63, 3.8) is 0 Å². The van der Waals surface area contributed by atoms with Crippen LogP contribution in [0.25, 0.3) is 0 Å². The predicted molar refractivity (Wildman–Crippen MR) is 70.6 cm³/mol. The highest BCUT2D eigenvalue weighted by Gasteiger charge is 2.04. The maximum absolute atomic E-state index is 11.7. The summed E-state index contributed by atoms with van der Waals surface area (Å²) in [4.78, 5) is 11.7. The third-order valence-corrected chi connectivity index (χ3v) is 2.61. The van der Waals surface area contributed by atoms with E-state index < -0.39 is 0 Å². The highest BCUT2D eigenvalue weighted by molar-refractivity contribution is 14.1. The molecule has 0 spiro atoms. The lowest BCUT2D eigenvalue weighted by atomic mass is 10.2. The van der Waals surface area contributed by atoms with Crippen LogP contribution in [0.15, 0.2) is 48.7 Å². The zero-order valence-corrected chi connectivity index (χ0v) is 10.6. The van der Waals surface area contributed by atoms with Crippen molar-refractivity contribution in [2.24, 2.45) is 0 Å². The minimum absolute atomic E-state index is 0.112. The molecule has 15 heavy (non-hydrogen) atoms. The quantitative estimate of drug-likeness (QED) is 0.674. The molecular formula is C12H12INO. The predicted octanol–water partition coefficient (Wildman–Crippen LogP) is 3.11. The first-order chi connectivity index (χ1) is 7.17. The first-order valence-electron chi connectivity index (χ1n) is 4.53. The fraction of sp³-hybridized carbons (Fsp3) is 0.0833. The Kier molecular flexibility index (Phi) is 4.55. The Labute approximate surface area is 103 Å². The molecular weight excluding hydrogens is 301 g/mol. The summed E-state index contributed by atoms with van der Waals surface area (Å²) in [7, 11) is 0. The van der Waals surface area contributed by atoms with Gasteiger partial charge in [-0.3, -0.25) is 4.79 Å².